The van der Waals surface area contributed by atoms with Crippen LogP contribution in [0.4, 0.5) is 5.69 Å². The molecule has 1 unspecified atom stereocenters. The number of piperidine rings is 3. The van der Waals surface area contributed by atoms with Crippen molar-refractivity contribution >= 4 is 59.0 Å². The van der Waals surface area contributed by atoms with Gasteiger partial charge in [-0.2, -0.15) is 0 Å². The molecule has 4 fully saturated rings. The summed E-state index contributed by atoms with van der Waals surface area (Å²) in [6.07, 6.45) is 12.7. The quantitative estimate of drug-likeness (QED) is 0.155. The summed E-state index contributed by atoms with van der Waals surface area (Å²) in [7, 11) is 0. The molecule has 5 aliphatic heterocycles. The molecule has 16 heteroatoms. The SMILES string of the molecule is O=C(/C=C/c1cccnc1)NCCCCC1CCN(C(=O)c2ccc(C(=O)N3CCC(C(=O)N4CCN(c5cccc6c5C(=O)N(C5CCC(=O)NC5=O)C6=O)CC4)CC3)cc2)CC1. The lowest BCUT2D eigenvalue weighted by Crippen LogP contribution is -2.54. The highest BCUT2D eigenvalue weighted by Gasteiger charge is 2.46. The summed E-state index contributed by atoms with van der Waals surface area (Å²) in [6.45, 7) is 4.65. The van der Waals surface area contributed by atoms with Crippen LogP contribution >= 0.6 is 0 Å². The van der Waals surface area contributed by atoms with E-state index in [1.807, 2.05) is 26.8 Å². The molecule has 0 bridgehead atoms. The van der Waals surface area contributed by atoms with Crippen LogP contribution in [0.1, 0.15) is 105 Å². The van der Waals surface area contributed by atoms with E-state index in [0.29, 0.717) is 94.5 Å². The van der Waals surface area contributed by atoms with Gasteiger partial charge in [-0.3, -0.25) is 53.6 Å². The Balaban J connectivity index is 0.739. The molecule has 3 aromatic rings. The van der Waals surface area contributed by atoms with Gasteiger partial charge < -0.3 is 24.9 Å². The first kappa shape index (κ1) is 43.9. The van der Waals surface area contributed by atoms with Crippen LogP contribution in [0.5, 0.6) is 0 Å². The van der Waals surface area contributed by atoms with Gasteiger partial charge in [-0.05, 0) is 98.5 Å². The summed E-state index contributed by atoms with van der Waals surface area (Å²) in [4.78, 5) is 116. The van der Waals surface area contributed by atoms with Gasteiger partial charge in [-0.25, -0.2) is 0 Å². The van der Waals surface area contributed by atoms with Gasteiger partial charge in [0.2, 0.25) is 23.6 Å². The zero-order valence-electron chi connectivity index (χ0n) is 35.9. The molecule has 0 radical (unpaired) electrons. The number of nitrogens with zero attached hydrogens (tertiary/aromatic N) is 6. The average molecular weight is 871 g/mol. The number of fused-ring (bicyclic) bond motifs is 1. The Bertz CT molecular complexity index is 2310. The van der Waals surface area contributed by atoms with Crippen LogP contribution in [-0.4, -0.2) is 137 Å². The number of piperazine rings is 1. The van der Waals surface area contributed by atoms with Crippen LogP contribution in [0.2, 0.25) is 0 Å². The molecule has 5 aliphatic rings. The number of rotatable bonds is 12. The van der Waals surface area contributed by atoms with Gasteiger partial charge in [-0.15, -0.1) is 0 Å². The van der Waals surface area contributed by atoms with Crippen LogP contribution in [0.3, 0.4) is 0 Å². The molecule has 334 valence electrons. The summed E-state index contributed by atoms with van der Waals surface area (Å²) in [5.74, 6) is -2.12. The Morgan fingerprint density at radius 1 is 0.719 bits per heavy atom. The van der Waals surface area contributed by atoms with Gasteiger partial charge in [0.15, 0.2) is 0 Å². The summed E-state index contributed by atoms with van der Waals surface area (Å²) in [6, 6.07) is 14.6. The maximum absolute atomic E-state index is 13.7. The van der Waals surface area contributed by atoms with E-state index in [9.17, 15) is 38.4 Å². The number of benzene rings is 2. The van der Waals surface area contributed by atoms with E-state index in [0.717, 1.165) is 42.6 Å². The molecule has 0 saturated carbocycles. The molecule has 1 aromatic heterocycles. The highest BCUT2D eigenvalue weighted by Crippen LogP contribution is 2.35. The molecule has 64 heavy (non-hydrogen) atoms. The largest absolute Gasteiger partial charge is 0.367 e. The lowest BCUT2D eigenvalue weighted by atomic mass is 9.91. The van der Waals surface area contributed by atoms with Crippen LogP contribution in [-0.2, 0) is 19.2 Å². The molecule has 8 rings (SSSR count). The number of hydrogen-bond donors (Lipinski definition) is 2. The Kier molecular flexibility index (Phi) is 13.6. The first-order valence-electron chi connectivity index (χ1n) is 22.5. The topological polar surface area (TPSA) is 190 Å². The van der Waals surface area contributed by atoms with Crippen molar-refractivity contribution in [2.45, 2.75) is 63.8 Å². The van der Waals surface area contributed by atoms with Crippen LogP contribution in [0.15, 0.2) is 73.1 Å². The smallest absolute Gasteiger partial charge is 0.264 e. The Labute approximate surface area is 372 Å². The van der Waals surface area contributed by atoms with Crippen molar-refractivity contribution in [2.24, 2.45) is 11.8 Å². The summed E-state index contributed by atoms with van der Waals surface area (Å²) in [5, 5.41) is 5.16. The predicted octanol–water partition coefficient (Wildman–Crippen LogP) is 3.54. The van der Waals surface area contributed by atoms with Crippen molar-refractivity contribution in [2.75, 3.05) is 63.8 Å². The fourth-order valence-corrected chi connectivity index (χ4v) is 9.54. The van der Waals surface area contributed by atoms with Gasteiger partial charge >= 0.3 is 0 Å². The number of imide groups is 2. The van der Waals surface area contributed by atoms with Crippen LogP contribution < -0.4 is 15.5 Å². The van der Waals surface area contributed by atoms with E-state index in [1.165, 1.54) is 6.08 Å². The molecule has 1 atom stereocenters. The van der Waals surface area contributed by atoms with Gasteiger partial charge in [-0.1, -0.05) is 25.0 Å². The lowest BCUT2D eigenvalue weighted by Gasteiger charge is -2.39. The maximum Gasteiger partial charge on any atom is 0.264 e. The van der Waals surface area contributed by atoms with Gasteiger partial charge in [0.05, 0.1) is 16.8 Å². The molecule has 0 aliphatic carbocycles. The number of nitrogens with one attached hydrogen (secondary N) is 2. The standard InChI is InChI=1S/C48H54N8O8/c57-40(15-9-33-6-4-21-49-31-33)50-22-2-1-5-32-17-23-53(24-18-32)44(60)34-10-12-35(13-11-34)45(61)54-25-19-36(20-26-54)46(62)55-29-27-52(28-30-55)38-8-3-7-37-42(38)48(64)56(47(37)63)39-14-16-41(58)51-43(39)59/h3-4,6-13,15,21,31-32,36,39H,1-2,5,14,16-20,22-30H2,(H,50,57)(H,51,58,59)/b15-9+. The second kappa shape index (κ2) is 19.8. The second-order valence-electron chi connectivity index (χ2n) is 17.2. The number of pyridine rings is 1. The number of likely N-dealkylation sites (tertiary alicyclic amines) is 2. The summed E-state index contributed by atoms with van der Waals surface area (Å²) >= 11 is 0. The minimum Gasteiger partial charge on any atom is -0.367 e. The second-order valence-corrected chi connectivity index (χ2v) is 17.2. The third kappa shape index (κ3) is 9.75. The number of hydrogen-bond acceptors (Lipinski definition) is 10. The molecule has 4 saturated heterocycles. The predicted molar refractivity (Wildman–Crippen MR) is 236 cm³/mol. The van der Waals surface area contributed by atoms with Gasteiger partial charge in [0.25, 0.3) is 23.6 Å². The summed E-state index contributed by atoms with van der Waals surface area (Å²) in [5.41, 5.74) is 2.97. The molecule has 8 amide bonds. The zero-order chi connectivity index (χ0) is 44.7. The highest BCUT2D eigenvalue weighted by molar-refractivity contribution is 6.25. The van der Waals surface area contributed by atoms with E-state index in [1.54, 1.807) is 65.8 Å². The van der Waals surface area contributed by atoms with E-state index >= 15 is 0 Å². The Morgan fingerprint density at radius 2 is 1.39 bits per heavy atom. The minimum absolute atomic E-state index is 0.0349. The third-order valence-electron chi connectivity index (χ3n) is 13.2. The van der Waals surface area contributed by atoms with Crippen molar-refractivity contribution in [3.05, 3.63) is 101 Å². The monoisotopic (exact) mass is 870 g/mol. The molecule has 16 nitrogen and oxygen atoms in total. The van der Waals surface area contributed by atoms with Crippen molar-refractivity contribution in [3.63, 3.8) is 0 Å². The van der Waals surface area contributed by atoms with Gasteiger partial charge in [0, 0.05) is 101 Å². The maximum atomic E-state index is 13.7. The zero-order valence-corrected chi connectivity index (χ0v) is 35.9. The van der Waals surface area contributed by atoms with Crippen LogP contribution in [0, 0.1) is 11.8 Å². The summed E-state index contributed by atoms with van der Waals surface area (Å²) < 4.78 is 0. The fraction of sp³-hybridized carbons (Fsp3) is 0.438. The first-order valence-corrected chi connectivity index (χ1v) is 22.5. The van der Waals surface area contributed by atoms with Crippen molar-refractivity contribution in [3.8, 4) is 0 Å². The van der Waals surface area contributed by atoms with E-state index in [2.05, 4.69) is 15.6 Å². The van der Waals surface area contributed by atoms with E-state index in [-0.39, 0.29) is 53.5 Å². The average Bonchev–Trinajstić information content (AvgIpc) is 3.59. The highest BCUT2D eigenvalue weighted by atomic mass is 16.2. The Hall–Kier alpha value is -6.71. The van der Waals surface area contributed by atoms with Crippen LogP contribution in [0.25, 0.3) is 6.08 Å². The Morgan fingerprint density at radius 3 is 2.03 bits per heavy atom. The van der Waals surface area contributed by atoms with E-state index in [4.69, 9.17) is 0 Å². The number of aromatic nitrogens is 1. The third-order valence-corrected chi connectivity index (χ3v) is 13.2. The van der Waals surface area contributed by atoms with Crippen molar-refractivity contribution in [1.82, 2.24) is 35.2 Å². The number of carbonyl (C=O) groups is 8. The molecule has 6 heterocycles. The van der Waals surface area contributed by atoms with Crippen molar-refractivity contribution < 1.29 is 38.4 Å². The number of amides is 8. The lowest BCUT2D eigenvalue weighted by molar-refractivity contribution is -0.137. The molecule has 2 N–H and O–H groups in total. The van der Waals surface area contributed by atoms with E-state index < -0.39 is 29.7 Å². The van der Waals surface area contributed by atoms with Crippen molar-refractivity contribution in [1.29, 1.82) is 0 Å². The fourth-order valence-electron chi connectivity index (χ4n) is 9.54. The molecular formula is C48H54N8O8. The molecule has 2 aromatic carbocycles. The minimum atomic E-state index is -1.05. The van der Waals surface area contributed by atoms with Gasteiger partial charge in [0.1, 0.15) is 6.04 Å². The normalized spacial score (nSPS) is 19.9. The number of anilines is 1. The molecule has 0 spiro atoms. The molecular weight excluding hydrogens is 817 g/mol. The number of unbranched alkanes of at least 4 members (excludes halogenated alkanes) is 1. The number of carbonyl (C=O) groups excluding carboxylic acids is 8. The first-order chi connectivity index (χ1) is 31.0.